The van der Waals surface area contributed by atoms with Crippen molar-refractivity contribution in [2.75, 3.05) is 0 Å². The van der Waals surface area contributed by atoms with Gasteiger partial charge in [-0.1, -0.05) is 6.07 Å². The van der Waals surface area contributed by atoms with E-state index in [1.165, 1.54) is 29.3 Å². The highest BCUT2D eigenvalue weighted by Gasteiger charge is 2.29. The van der Waals surface area contributed by atoms with Crippen molar-refractivity contribution in [3.63, 3.8) is 0 Å². The molecular formula is C12H15ClN2. The Labute approximate surface area is 95.3 Å². The van der Waals surface area contributed by atoms with Gasteiger partial charge in [0.1, 0.15) is 0 Å². The number of aromatic amines is 1. The second-order valence-corrected chi connectivity index (χ2v) is 4.19. The second kappa shape index (κ2) is 3.87. The number of halogens is 1. The topological polar surface area (TPSA) is 41.8 Å². The highest BCUT2D eigenvalue weighted by atomic mass is 35.5. The van der Waals surface area contributed by atoms with Crippen LogP contribution in [0.2, 0.25) is 0 Å². The standard InChI is InChI=1S/C12H14N2.ClH/c13-12(8-1-2-8)10-3-4-11-9(7-10)5-6-14-11;/h3-8,12,14H,1-2,13H2;1H/t12-;/m1./s1. The molecule has 80 valence electrons. The summed E-state index contributed by atoms with van der Waals surface area (Å²) in [6, 6.07) is 8.80. The predicted molar refractivity (Wildman–Crippen MR) is 65.2 cm³/mol. The Balaban J connectivity index is 0.000000853. The SMILES string of the molecule is Cl.N[C@@H](c1ccc2[nH]ccc2c1)C1CC1. The van der Waals surface area contributed by atoms with Gasteiger partial charge < -0.3 is 10.7 Å². The van der Waals surface area contributed by atoms with Gasteiger partial charge in [-0.25, -0.2) is 0 Å². The molecule has 3 N–H and O–H groups in total. The molecule has 0 amide bonds. The first kappa shape index (κ1) is 10.5. The molecule has 1 aliphatic carbocycles. The first-order valence-electron chi connectivity index (χ1n) is 5.17. The molecule has 1 aliphatic rings. The highest BCUT2D eigenvalue weighted by molar-refractivity contribution is 5.85. The van der Waals surface area contributed by atoms with Crippen LogP contribution in [-0.2, 0) is 0 Å². The summed E-state index contributed by atoms with van der Waals surface area (Å²) in [4.78, 5) is 3.19. The third kappa shape index (κ3) is 1.87. The van der Waals surface area contributed by atoms with Crippen molar-refractivity contribution in [2.45, 2.75) is 18.9 Å². The maximum atomic E-state index is 6.15. The van der Waals surface area contributed by atoms with Crippen LogP contribution in [0.1, 0.15) is 24.4 Å². The number of nitrogens with one attached hydrogen (secondary N) is 1. The summed E-state index contributed by atoms with van der Waals surface area (Å²) in [7, 11) is 0. The molecule has 1 atom stereocenters. The molecule has 1 aromatic carbocycles. The number of benzene rings is 1. The van der Waals surface area contributed by atoms with Crippen LogP contribution in [0.15, 0.2) is 30.5 Å². The van der Waals surface area contributed by atoms with Crippen molar-refractivity contribution in [1.29, 1.82) is 0 Å². The Kier molecular flexibility index (Phi) is 2.72. The van der Waals surface area contributed by atoms with Crippen LogP contribution in [0, 0.1) is 5.92 Å². The molecule has 3 heteroatoms. The fourth-order valence-electron chi connectivity index (χ4n) is 2.01. The molecule has 0 radical (unpaired) electrons. The number of fused-ring (bicyclic) bond motifs is 1. The summed E-state index contributed by atoms with van der Waals surface area (Å²) in [5, 5.41) is 1.26. The normalized spacial score (nSPS) is 17.4. The summed E-state index contributed by atoms with van der Waals surface area (Å²) in [5.41, 5.74) is 8.62. The summed E-state index contributed by atoms with van der Waals surface area (Å²) in [6.45, 7) is 0. The zero-order valence-corrected chi connectivity index (χ0v) is 9.26. The number of nitrogens with two attached hydrogens (primary N) is 1. The number of aromatic nitrogens is 1. The second-order valence-electron chi connectivity index (χ2n) is 4.19. The number of hydrogen-bond acceptors (Lipinski definition) is 1. The van der Waals surface area contributed by atoms with Gasteiger partial charge in [0.25, 0.3) is 0 Å². The Bertz CT molecular complexity index is 459. The van der Waals surface area contributed by atoms with Crippen molar-refractivity contribution in [3.05, 3.63) is 36.0 Å². The van der Waals surface area contributed by atoms with Gasteiger partial charge in [-0.3, -0.25) is 0 Å². The van der Waals surface area contributed by atoms with Gasteiger partial charge in [0.2, 0.25) is 0 Å². The quantitative estimate of drug-likeness (QED) is 0.806. The van der Waals surface area contributed by atoms with Crippen molar-refractivity contribution in [1.82, 2.24) is 4.98 Å². The van der Waals surface area contributed by atoms with Gasteiger partial charge in [-0.05, 0) is 47.9 Å². The zero-order chi connectivity index (χ0) is 9.54. The molecule has 3 rings (SSSR count). The lowest BCUT2D eigenvalue weighted by molar-refractivity contribution is 0.634. The Hall–Kier alpha value is -0.990. The average Bonchev–Trinajstić information content (AvgIpc) is 2.95. The largest absolute Gasteiger partial charge is 0.361 e. The van der Waals surface area contributed by atoms with Gasteiger partial charge >= 0.3 is 0 Å². The lowest BCUT2D eigenvalue weighted by Gasteiger charge is -2.10. The van der Waals surface area contributed by atoms with Crippen molar-refractivity contribution in [3.8, 4) is 0 Å². The third-order valence-corrected chi connectivity index (χ3v) is 3.09. The van der Waals surface area contributed by atoms with Crippen LogP contribution >= 0.6 is 12.4 Å². The lowest BCUT2D eigenvalue weighted by atomic mass is 10.0. The van der Waals surface area contributed by atoms with E-state index in [1.54, 1.807) is 0 Å². The molecule has 1 saturated carbocycles. The van der Waals surface area contributed by atoms with E-state index in [1.807, 2.05) is 6.20 Å². The maximum Gasteiger partial charge on any atom is 0.0454 e. The lowest BCUT2D eigenvalue weighted by Crippen LogP contribution is -2.11. The van der Waals surface area contributed by atoms with Gasteiger partial charge in [-0.2, -0.15) is 0 Å². The first-order valence-corrected chi connectivity index (χ1v) is 5.17. The predicted octanol–water partition coefficient (Wildman–Crippen LogP) is 3.00. The smallest absolute Gasteiger partial charge is 0.0454 e. The molecular weight excluding hydrogens is 208 g/mol. The van der Waals surface area contributed by atoms with Crippen LogP contribution < -0.4 is 5.73 Å². The van der Waals surface area contributed by atoms with E-state index >= 15 is 0 Å². The van der Waals surface area contributed by atoms with E-state index in [0.717, 1.165) is 5.92 Å². The van der Waals surface area contributed by atoms with E-state index in [4.69, 9.17) is 5.73 Å². The van der Waals surface area contributed by atoms with Gasteiger partial charge in [-0.15, -0.1) is 12.4 Å². The van der Waals surface area contributed by atoms with E-state index in [0.29, 0.717) is 0 Å². The van der Waals surface area contributed by atoms with Gasteiger partial charge in [0, 0.05) is 17.8 Å². The third-order valence-electron chi connectivity index (χ3n) is 3.09. The molecule has 2 aromatic rings. The van der Waals surface area contributed by atoms with Crippen LogP contribution in [0.3, 0.4) is 0 Å². The molecule has 1 fully saturated rings. The minimum Gasteiger partial charge on any atom is -0.361 e. The van der Waals surface area contributed by atoms with E-state index in [2.05, 4.69) is 29.2 Å². The van der Waals surface area contributed by atoms with E-state index in [-0.39, 0.29) is 18.4 Å². The van der Waals surface area contributed by atoms with Gasteiger partial charge in [0.15, 0.2) is 0 Å². The molecule has 1 aromatic heterocycles. The van der Waals surface area contributed by atoms with Crippen LogP contribution in [-0.4, -0.2) is 4.98 Å². The molecule has 0 saturated heterocycles. The minimum atomic E-state index is 0. The fourth-order valence-corrected chi connectivity index (χ4v) is 2.01. The maximum absolute atomic E-state index is 6.15. The molecule has 0 bridgehead atoms. The number of hydrogen-bond donors (Lipinski definition) is 2. The monoisotopic (exact) mass is 222 g/mol. The molecule has 15 heavy (non-hydrogen) atoms. The Morgan fingerprint density at radius 1 is 1.27 bits per heavy atom. The average molecular weight is 223 g/mol. The van der Waals surface area contributed by atoms with Crippen LogP contribution in [0.4, 0.5) is 0 Å². The first-order chi connectivity index (χ1) is 6.84. The van der Waals surface area contributed by atoms with Crippen LogP contribution in [0.5, 0.6) is 0 Å². The molecule has 2 nitrogen and oxygen atoms in total. The van der Waals surface area contributed by atoms with Crippen molar-refractivity contribution >= 4 is 23.3 Å². The summed E-state index contributed by atoms with van der Waals surface area (Å²) in [6.07, 6.45) is 4.57. The minimum absolute atomic E-state index is 0. The van der Waals surface area contributed by atoms with Gasteiger partial charge in [0.05, 0.1) is 0 Å². The molecule has 0 spiro atoms. The highest BCUT2D eigenvalue weighted by Crippen LogP contribution is 2.39. The molecule has 0 unspecified atom stereocenters. The number of rotatable bonds is 2. The number of H-pyrrole nitrogens is 1. The fraction of sp³-hybridized carbons (Fsp3) is 0.333. The molecule has 1 heterocycles. The zero-order valence-electron chi connectivity index (χ0n) is 8.44. The molecule has 0 aliphatic heterocycles. The van der Waals surface area contributed by atoms with E-state index in [9.17, 15) is 0 Å². The summed E-state index contributed by atoms with van der Waals surface area (Å²) < 4.78 is 0. The van der Waals surface area contributed by atoms with E-state index < -0.39 is 0 Å². The van der Waals surface area contributed by atoms with Crippen molar-refractivity contribution < 1.29 is 0 Å². The summed E-state index contributed by atoms with van der Waals surface area (Å²) in [5.74, 6) is 0.728. The van der Waals surface area contributed by atoms with Crippen LogP contribution in [0.25, 0.3) is 10.9 Å². The van der Waals surface area contributed by atoms with Crippen molar-refractivity contribution in [2.24, 2.45) is 11.7 Å². The Morgan fingerprint density at radius 2 is 2.07 bits per heavy atom. The summed E-state index contributed by atoms with van der Waals surface area (Å²) >= 11 is 0. The Morgan fingerprint density at radius 3 is 2.80 bits per heavy atom.